The van der Waals surface area contributed by atoms with Crippen molar-refractivity contribution in [3.05, 3.63) is 29.6 Å². The van der Waals surface area contributed by atoms with Gasteiger partial charge in [-0.15, -0.1) is 0 Å². The highest BCUT2D eigenvalue weighted by atomic mass is 16.2. The number of hydrogen-bond donors (Lipinski definition) is 0. The first-order valence-electron chi connectivity index (χ1n) is 6.13. The van der Waals surface area contributed by atoms with Gasteiger partial charge in [-0.2, -0.15) is 0 Å². The summed E-state index contributed by atoms with van der Waals surface area (Å²) in [6.45, 7) is -0.477. The summed E-state index contributed by atoms with van der Waals surface area (Å²) in [5.74, 6) is -0.309. The molecule has 0 saturated carbocycles. The fourth-order valence-electron chi connectivity index (χ4n) is 1.76. The van der Waals surface area contributed by atoms with Crippen LogP contribution in [-0.4, -0.2) is 22.8 Å². The summed E-state index contributed by atoms with van der Waals surface area (Å²) in [5.41, 5.74) is 1.76. The number of carbonyl (C=O) groups excluding carboxylic acids is 1. The molecule has 1 aromatic heterocycles. The van der Waals surface area contributed by atoms with Crippen LogP contribution in [0.15, 0.2) is 18.5 Å². The number of aryl methyl sites for hydroxylation is 1. The van der Waals surface area contributed by atoms with E-state index in [9.17, 15) is 4.79 Å². The molecule has 1 saturated heterocycles. The third-order valence-electron chi connectivity index (χ3n) is 2.49. The van der Waals surface area contributed by atoms with Gasteiger partial charge in [-0.25, -0.2) is 0 Å². The van der Waals surface area contributed by atoms with Crippen LogP contribution in [0.5, 0.6) is 0 Å². The molecule has 3 nitrogen and oxygen atoms in total. The average molecular weight is 193 g/mol. The molecule has 1 aliphatic heterocycles. The minimum Gasteiger partial charge on any atom is -0.339 e. The lowest BCUT2D eigenvalue weighted by molar-refractivity contribution is -0.127. The molecule has 1 atom stereocenters. The number of nitrogens with zero attached hydrogens (tertiary/aromatic N) is 2. The molecule has 1 amide bonds. The topological polar surface area (TPSA) is 33.2 Å². The second-order valence-corrected chi connectivity index (χ2v) is 3.61. The van der Waals surface area contributed by atoms with Crippen molar-refractivity contribution in [2.24, 2.45) is 0 Å². The molecule has 14 heavy (non-hydrogen) atoms. The third-order valence-corrected chi connectivity index (χ3v) is 2.49. The van der Waals surface area contributed by atoms with Crippen LogP contribution >= 0.6 is 0 Å². The van der Waals surface area contributed by atoms with Gasteiger partial charge in [-0.3, -0.25) is 9.78 Å². The highest BCUT2D eigenvalue weighted by molar-refractivity contribution is 5.78. The summed E-state index contributed by atoms with van der Waals surface area (Å²) in [5, 5.41) is 0. The first kappa shape index (κ1) is 6.17. The smallest absolute Gasteiger partial charge is 0.222 e. The monoisotopic (exact) mass is 193 g/mol. The maximum absolute atomic E-state index is 11.6. The van der Waals surface area contributed by atoms with Crippen molar-refractivity contribution in [2.75, 3.05) is 6.98 Å². The molecule has 0 aromatic carbocycles. The largest absolute Gasteiger partial charge is 0.339 e. The zero-order valence-corrected chi connectivity index (χ0v) is 8.03. The standard InChI is InChI=1S/C11H14N2O/c1-8-5-9(7-12-6-8)10-3-4-11(14)13(10)2/h5-7,10H,3-4H2,1-2H3/t10-/m1/s1/i2D3. The fourth-order valence-corrected chi connectivity index (χ4v) is 1.76. The summed E-state index contributed by atoms with van der Waals surface area (Å²) in [7, 11) is 0. The molecule has 1 aromatic rings. The Morgan fingerprint density at radius 3 is 3.21 bits per heavy atom. The number of aromatic nitrogens is 1. The van der Waals surface area contributed by atoms with Gasteiger partial charge in [-0.05, 0) is 24.5 Å². The van der Waals surface area contributed by atoms with Crippen molar-refractivity contribution in [1.29, 1.82) is 0 Å². The zero-order valence-electron chi connectivity index (χ0n) is 11.0. The van der Waals surface area contributed by atoms with E-state index < -0.39 is 6.98 Å². The Balaban J connectivity index is 2.35. The molecule has 1 aliphatic rings. The molecule has 0 spiro atoms. The van der Waals surface area contributed by atoms with E-state index in [2.05, 4.69) is 4.98 Å². The lowest BCUT2D eigenvalue weighted by atomic mass is 10.1. The van der Waals surface area contributed by atoms with Crippen LogP contribution in [0.4, 0.5) is 0 Å². The lowest BCUT2D eigenvalue weighted by Gasteiger charge is -2.19. The van der Waals surface area contributed by atoms with E-state index in [0.29, 0.717) is 6.42 Å². The van der Waals surface area contributed by atoms with Crippen LogP contribution < -0.4 is 0 Å². The summed E-state index contributed by atoms with van der Waals surface area (Å²) in [6, 6.07) is 1.51. The second-order valence-electron chi connectivity index (χ2n) is 3.61. The highest BCUT2D eigenvalue weighted by Crippen LogP contribution is 2.30. The molecule has 0 radical (unpaired) electrons. The maximum Gasteiger partial charge on any atom is 0.222 e. The van der Waals surface area contributed by atoms with Crippen molar-refractivity contribution in [3.8, 4) is 0 Å². The second kappa shape index (κ2) is 3.40. The SMILES string of the molecule is [2H]C([2H])([2H])N1C(=O)CC[C@@H]1c1cncc(C)c1. The predicted molar refractivity (Wildman–Crippen MR) is 53.7 cm³/mol. The number of rotatable bonds is 1. The first-order valence-corrected chi connectivity index (χ1v) is 4.63. The van der Waals surface area contributed by atoms with E-state index in [1.807, 2.05) is 13.0 Å². The van der Waals surface area contributed by atoms with E-state index in [1.165, 1.54) is 0 Å². The van der Waals surface area contributed by atoms with E-state index >= 15 is 0 Å². The minimum absolute atomic E-state index is 0.289. The van der Waals surface area contributed by atoms with Crippen LogP contribution in [0.2, 0.25) is 0 Å². The first-order chi connectivity index (χ1) is 7.89. The Bertz CT molecular complexity index is 445. The molecule has 0 aliphatic carbocycles. The summed E-state index contributed by atoms with van der Waals surface area (Å²) in [4.78, 5) is 16.7. The minimum atomic E-state index is -2.37. The van der Waals surface area contributed by atoms with Gasteiger partial charge in [0.05, 0.1) is 6.04 Å². The number of likely N-dealkylation sites (tertiary alicyclic amines) is 1. The predicted octanol–water partition coefficient (Wildman–Crippen LogP) is 1.68. The van der Waals surface area contributed by atoms with E-state index in [4.69, 9.17) is 4.11 Å². The average Bonchev–Trinajstić information content (AvgIpc) is 2.59. The van der Waals surface area contributed by atoms with Gasteiger partial charge in [0, 0.05) is 29.9 Å². The van der Waals surface area contributed by atoms with Gasteiger partial charge in [0.15, 0.2) is 0 Å². The Kier molecular flexibility index (Phi) is 1.50. The summed E-state index contributed by atoms with van der Waals surface area (Å²) < 4.78 is 22.2. The van der Waals surface area contributed by atoms with Crippen LogP contribution in [0.25, 0.3) is 0 Å². The van der Waals surface area contributed by atoms with Gasteiger partial charge in [0.25, 0.3) is 0 Å². The van der Waals surface area contributed by atoms with E-state index in [0.717, 1.165) is 16.0 Å². The van der Waals surface area contributed by atoms with Crippen molar-refractivity contribution >= 4 is 5.91 Å². The number of hydrogen-bond acceptors (Lipinski definition) is 2. The third kappa shape index (κ3) is 1.50. The molecular formula is C11H14N2O. The molecule has 0 unspecified atom stereocenters. The van der Waals surface area contributed by atoms with Crippen molar-refractivity contribution in [3.63, 3.8) is 0 Å². The summed E-state index contributed by atoms with van der Waals surface area (Å²) >= 11 is 0. The quantitative estimate of drug-likeness (QED) is 0.680. The Labute approximate surface area is 88.0 Å². The van der Waals surface area contributed by atoms with Gasteiger partial charge >= 0.3 is 0 Å². The van der Waals surface area contributed by atoms with Gasteiger partial charge in [-0.1, -0.05) is 6.07 Å². The number of amides is 1. The van der Waals surface area contributed by atoms with Gasteiger partial charge in [0.1, 0.15) is 0 Å². The van der Waals surface area contributed by atoms with Crippen molar-refractivity contribution in [2.45, 2.75) is 25.8 Å². The molecule has 74 valence electrons. The molecule has 1 fully saturated rings. The van der Waals surface area contributed by atoms with Crippen LogP contribution in [0.3, 0.4) is 0 Å². The highest BCUT2D eigenvalue weighted by Gasteiger charge is 2.28. The fraction of sp³-hybridized carbons (Fsp3) is 0.455. The van der Waals surface area contributed by atoms with Gasteiger partial charge < -0.3 is 4.90 Å². The Morgan fingerprint density at radius 2 is 2.50 bits per heavy atom. The van der Waals surface area contributed by atoms with Crippen molar-refractivity contribution in [1.82, 2.24) is 9.88 Å². The van der Waals surface area contributed by atoms with E-state index in [1.54, 1.807) is 12.4 Å². The lowest BCUT2D eigenvalue weighted by Crippen LogP contribution is -2.22. The molecule has 0 bridgehead atoms. The zero-order chi connectivity index (χ0) is 12.6. The van der Waals surface area contributed by atoms with Crippen LogP contribution in [-0.2, 0) is 4.79 Å². The molecule has 3 heteroatoms. The summed E-state index contributed by atoms with van der Waals surface area (Å²) in [6.07, 6.45) is 4.17. The number of pyridine rings is 1. The molecular weight excluding hydrogens is 176 g/mol. The molecule has 2 heterocycles. The van der Waals surface area contributed by atoms with Crippen LogP contribution in [0, 0.1) is 6.92 Å². The van der Waals surface area contributed by atoms with E-state index in [-0.39, 0.29) is 18.4 Å². The normalized spacial score (nSPS) is 25.8. The van der Waals surface area contributed by atoms with Crippen LogP contribution in [0.1, 0.15) is 34.1 Å². The van der Waals surface area contributed by atoms with Gasteiger partial charge in [0.2, 0.25) is 5.91 Å². The van der Waals surface area contributed by atoms with Crippen molar-refractivity contribution < 1.29 is 8.91 Å². The molecule has 0 N–H and O–H groups in total. The Morgan fingerprint density at radius 1 is 1.64 bits per heavy atom. The number of carbonyl (C=O) groups is 1. The molecule has 2 rings (SSSR count). The Hall–Kier alpha value is -1.38. The maximum atomic E-state index is 11.6.